The minimum Gasteiger partial charge on any atom is -0.327 e. The van der Waals surface area contributed by atoms with E-state index in [-0.39, 0.29) is 0 Å². The minimum atomic E-state index is 0.305. The Hall–Kier alpha value is -0.340. The zero-order valence-corrected chi connectivity index (χ0v) is 9.55. The highest BCUT2D eigenvalue weighted by molar-refractivity contribution is 9.10. The maximum absolute atomic E-state index is 5.95. The molecule has 0 aliphatic carbocycles. The van der Waals surface area contributed by atoms with Crippen LogP contribution in [0.3, 0.4) is 0 Å². The van der Waals surface area contributed by atoms with Crippen LogP contribution < -0.4 is 5.73 Å². The van der Waals surface area contributed by atoms with Crippen LogP contribution in [0.15, 0.2) is 28.7 Å². The highest BCUT2D eigenvalue weighted by Gasteiger charge is 2.02. The molecule has 0 heterocycles. The maximum atomic E-state index is 5.95. The van der Waals surface area contributed by atoms with E-state index in [1.165, 1.54) is 5.56 Å². The van der Waals surface area contributed by atoms with Crippen molar-refractivity contribution < 1.29 is 0 Å². The standard InChI is InChI=1S/C11H16BrN/c1-2-4-11(13)8-9-5-3-6-10(12)7-9/h3,5-7,11H,2,4,8,13H2,1H3. The van der Waals surface area contributed by atoms with Gasteiger partial charge in [-0.05, 0) is 30.5 Å². The molecule has 0 spiro atoms. The molecule has 0 bridgehead atoms. The Labute approximate surface area is 88.5 Å². The third kappa shape index (κ3) is 3.92. The van der Waals surface area contributed by atoms with Crippen molar-refractivity contribution in [2.24, 2.45) is 5.73 Å². The maximum Gasteiger partial charge on any atom is 0.0178 e. The van der Waals surface area contributed by atoms with Gasteiger partial charge in [0.1, 0.15) is 0 Å². The summed E-state index contributed by atoms with van der Waals surface area (Å²) >= 11 is 3.45. The lowest BCUT2D eigenvalue weighted by Crippen LogP contribution is -2.22. The zero-order valence-electron chi connectivity index (χ0n) is 7.96. The molecule has 0 saturated carbocycles. The summed E-state index contributed by atoms with van der Waals surface area (Å²) in [4.78, 5) is 0. The number of rotatable bonds is 4. The number of benzene rings is 1. The molecule has 2 heteroatoms. The van der Waals surface area contributed by atoms with Crippen molar-refractivity contribution in [2.45, 2.75) is 32.2 Å². The van der Waals surface area contributed by atoms with Crippen LogP contribution in [0.2, 0.25) is 0 Å². The monoisotopic (exact) mass is 241 g/mol. The summed E-state index contributed by atoms with van der Waals surface area (Å²) in [6, 6.07) is 8.65. The average molecular weight is 242 g/mol. The normalized spacial score (nSPS) is 12.8. The van der Waals surface area contributed by atoms with Gasteiger partial charge >= 0.3 is 0 Å². The van der Waals surface area contributed by atoms with Crippen LogP contribution in [-0.4, -0.2) is 6.04 Å². The molecule has 1 aromatic rings. The lowest BCUT2D eigenvalue weighted by molar-refractivity contribution is 0.600. The largest absolute Gasteiger partial charge is 0.327 e. The van der Waals surface area contributed by atoms with Gasteiger partial charge in [0.25, 0.3) is 0 Å². The highest BCUT2D eigenvalue weighted by Crippen LogP contribution is 2.13. The predicted octanol–water partition coefficient (Wildman–Crippen LogP) is 3.12. The van der Waals surface area contributed by atoms with Gasteiger partial charge in [-0.3, -0.25) is 0 Å². The molecule has 0 aliphatic heterocycles. The summed E-state index contributed by atoms with van der Waals surface area (Å²) in [5.41, 5.74) is 7.27. The molecular weight excluding hydrogens is 226 g/mol. The first-order valence-electron chi connectivity index (χ1n) is 4.72. The lowest BCUT2D eigenvalue weighted by Gasteiger charge is -2.09. The van der Waals surface area contributed by atoms with Crippen molar-refractivity contribution in [2.75, 3.05) is 0 Å². The molecule has 1 rings (SSSR count). The minimum absolute atomic E-state index is 0.305. The van der Waals surface area contributed by atoms with Crippen molar-refractivity contribution >= 4 is 15.9 Å². The van der Waals surface area contributed by atoms with Crippen LogP contribution in [0, 0.1) is 0 Å². The Bertz CT molecular complexity index is 260. The topological polar surface area (TPSA) is 26.0 Å². The summed E-state index contributed by atoms with van der Waals surface area (Å²) in [5, 5.41) is 0. The van der Waals surface area contributed by atoms with E-state index in [2.05, 4.69) is 41.1 Å². The van der Waals surface area contributed by atoms with Crippen LogP contribution in [-0.2, 0) is 6.42 Å². The average Bonchev–Trinajstić information content (AvgIpc) is 2.04. The molecule has 0 radical (unpaired) electrons. The lowest BCUT2D eigenvalue weighted by atomic mass is 10.0. The molecule has 0 amide bonds. The third-order valence-corrected chi connectivity index (χ3v) is 2.54. The first-order chi connectivity index (χ1) is 6.22. The first kappa shape index (κ1) is 10.7. The summed E-state index contributed by atoms with van der Waals surface area (Å²) in [6.07, 6.45) is 3.25. The van der Waals surface area contributed by atoms with E-state index >= 15 is 0 Å². The van der Waals surface area contributed by atoms with Gasteiger partial charge in [-0.25, -0.2) is 0 Å². The van der Waals surface area contributed by atoms with E-state index in [4.69, 9.17) is 5.73 Å². The van der Waals surface area contributed by atoms with E-state index in [1.807, 2.05) is 6.07 Å². The molecule has 1 unspecified atom stereocenters. The second-order valence-corrected chi connectivity index (χ2v) is 4.30. The molecule has 0 aromatic heterocycles. The number of nitrogens with two attached hydrogens (primary N) is 1. The quantitative estimate of drug-likeness (QED) is 0.862. The Morgan fingerprint density at radius 2 is 2.23 bits per heavy atom. The van der Waals surface area contributed by atoms with Gasteiger partial charge in [0.15, 0.2) is 0 Å². The van der Waals surface area contributed by atoms with E-state index in [9.17, 15) is 0 Å². The van der Waals surface area contributed by atoms with E-state index in [0.717, 1.165) is 23.7 Å². The van der Waals surface area contributed by atoms with Crippen LogP contribution in [0.5, 0.6) is 0 Å². The molecule has 1 aromatic carbocycles. The fraction of sp³-hybridized carbons (Fsp3) is 0.455. The molecule has 1 atom stereocenters. The fourth-order valence-electron chi connectivity index (χ4n) is 1.44. The molecule has 0 saturated heterocycles. The second kappa shape index (κ2) is 5.40. The van der Waals surface area contributed by atoms with Crippen LogP contribution in [0.1, 0.15) is 25.3 Å². The van der Waals surface area contributed by atoms with E-state index < -0.39 is 0 Å². The zero-order chi connectivity index (χ0) is 9.68. The van der Waals surface area contributed by atoms with Crippen molar-refractivity contribution in [1.29, 1.82) is 0 Å². The number of halogens is 1. The molecule has 0 fully saturated rings. The summed E-state index contributed by atoms with van der Waals surface area (Å²) in [6.45, 7) is 2.17. The Morgan fingerprint density at radius 1 is 1.46 bits per heavy atom. The molecule has 72 valence electrons. The summed E-state index contributed by atoms with van der Waals surface area (Å²) in [5.74, 6) is 0. The molecule has 1 nitrogen and oxygen atoms in total. The van der Waals surface area contributed by atoms with Crippen LogP contribution in [0.4, 0.5) is 0 Å². The van der Waals surface area contributed by atoms with Gasteiger partial charge in [-0.1, -0.05) is 41.4 Å². The van der Waals surface area contributed by atoms with Gasteiger partial charge in [0.2, 0.25) is 0 Å². The van der Waals surface area contributed by atoms with Crippen molar-refractivity contribution in [1.82, 2.24) is 0 Å². The van der Waals surface area contributed by atoms with Gasteiger partial charge in [-0.2, -0.15) is 0 Å². The van der Waals surface area contributed by atoms with Gasteiger partial charge < -0.3 is 5.73 Å². The van der Waals surface area contributed by atoms with Crippen LogP contribution in [0.25, 0.3) is 0 Å². The highest BCUT2D eigenvalue weighted by atomic mass is 79.9. The van der Waals surface area contributed by atoms with E-state index in [0.29, 0.717) is 6.04 Å². The summed E-state index contributed by atoms with van der Waals surface area (Å²) < 4.78 is 1.13. The SMILES string of the molecule is CCCC(N)Cc1cccc(Br)c1. The predicted molar refractivity (Wildman–Crippen MR) is 60.7 cm³/mol. The molecular formula is C11H16BrN. The third-order valence-electron chi connectivity index (χ3n) is 2.05. The Balaban J connectivity index is 2.53. The van der Waals surface area contributed by atoms with Gasteiger partial charge in [-0.15, -0.1) is 0 Å². The Morgan fingerprint density at radius 3 is 2.85 bits per heavy atom. The number of hydrogen-bond acceptors (Lipinski definition) is 1. The Kier molecular flexibility index (Phi) is 4.46. The molecule has 13 heavy (non-hydrogen) atoms. The smallest absolute Gasteiger partial charge is 0.0178 e. The summed E-state index contributed by atoms with van der Waals surface area (Å²) in [7, 11) is 0. The van der Waals surface area contributed by atoms with Crippen molar-refractivity contribution in [3.8, 4) is 0 Å². The molecule has 2 N–H and O–H groups in total. The van der Waals surface area contributed by atoms with Gasteiger partial charge in [0.05, 0.1) is 0 Å². The second-order valence-electron chi connectivity index (χ2n) is 3.38. The van der Waals surface area contributed by atoms with Gasteiger partial charge in [0, 0.05) is 10.5 Å². The van der Waals surface area contributed by atoms with Crippen molar-refractivity contribution in [3.63, 3.8) is 0 Å². The van der Waals surface area contributed by atoms with E-state index in [1.54, 1.807) is 0 Å². The molecule has 0 aliphatic rings. The fourth-order valence-corrected chi connectivity index (χ4v) is 1.89. The van der Waals surface area contributed by atoms with Crippen LogP contribution >= 0.6 is 15.9 Å². The van der Waals surface area contributed by atoms with Crippen molar-refractivity contribution in [3.05, 3.63) is 34.3 Å². The first-order valence-corrected chi connectivity index (χ1v) is 5.51. The number of hydrogen-bond donors (Lipinski definition) is 1.